The molecule has 3 atom stereocenters. The van der Waals surface area contributed by atoms with Gasteiger partial charge >= 0.3 is 0 Å². The maximum Gasteiger partial charge on any atom is 0.251 e. The second kappa shape index (κ2) is 7.89. The van der Waals surface area contributed by atoms with Crippen LogP contribution in [0.3, 0.4) is 0 Å². The Morgan fingerprint density at radius 1 is 1.14 bits per heavy atom. The standard InChI is InChI=1S/C29H23BrN4O2/c1-17-7-12-20-21(14-32-25(20)13-17)26(35)28(16-31)23(18-8-10-19(30)11-9-18)15-34(2)29(28)22-5-3-4-6-24(22)33-27(29)36/h3-14,23,32H,15H2,1-2H3,(H,33,36)/t23-,28+,29-/m0/s1. The summed E-state index contributed by atoms with van der Waals surface area (Å²) in [6.45, 7) is 2.35. The summed E-state index contributed by atoms with van der Waals surface area (Å²) in [5, 5.41) is 14.8. The number of aromatic amines is 1. The number of carbonyl (C=O) groups excluding carboxylic acids is 2. The number of nitriles is 1. The monoisotopic (exact) mass is 538 g/mol. The van der Waals surface area contributed by atoms with Crippen molar-refractivity contribution in [2.45, 2.75) is 18.4 Å². The van der Waals surface area contributed by atoms with E-state index in [1.807, 2.05) is 85.6 Å². The van der Waals surface area contributed by atoms with Crippen LogP contribution in [0, 0.1) is 23.7 Å². The highest BCUT2D eigenvalue weighted by Crippen LogP contribution is 2.63. The third-order valence-electron chi connectivity index (χ3n) is 7.90. The van der Waals surface area contributed by atoms with Gasteiger partial charge < -0.3 is 10.3 Å². The molecule has 1 fully saturated rings. The van der Waals surface area contributed by atoms with E-state index in [0.29, 0.717) is 23.4 Å². The Balaban J connectivity index is 1.67. The van der Waals surface area contributed by atoms with Crippen molar-refractivity contribution < 1.29 is 9.59 Å². The average molecular weight is 539 g/mol. The summed E-state index contributed by atoms with van der Waals surface area (Å²) in [6, 6.07) is 23.3. The van der Waals surface area contributed by atoms with Crippen LogP contribution < -0.4 is 5.32 Å². The summed E-state index contributed by atoms with van der Waals surface area (Å²) < 4.78 is 0.900. The van der Waals surface area contributed by atoms with Crippen molar-refractivity contribution in [3.8, 4) is 6.07 Å². The zero-order chi connectivity index (χ0) is 25.2. The lowest BCUT2D eigenvalue weighted by atomic mass is 9.58. The summed E-state index contributed by atoms with van der Waals surface area (Å²) in [5.74, 6) is -1.25. The number of rotatable bonds is 3. The molecule has 0 bridgehead atoms. The molecule has 6 rings (SSSR count). The molecule has 0 saturated carbocycles. The summed E-state index contributed by atoms with van der Waals surface area (Å²) in [7, 11) is 1.83. The molecule has 0 unspecified atom stereocenters. The number of likely N-dealkylation sites (tertiary alicyclic amines) is 1. The number of likely N-dealkylation sites (N-methyl/N-ethyl adjacent to an activating group) is 1. The van der Waals surface area contributed by atoms with Crippen LogP contribution in [-0.2, 0) is 10.3 Å². The lowest BCUT2D eigenvalue weighted by Crippen LogP contribution is -2.58. The van der Waals surface area contributed by atoms with E-state index < -0.39 is 16.9 Å². The fraction of sp³-hybridized carbons (Fsp3) is 0.207. The molecular formula is C29H23BrN4O2. The van der Waals surface area contributed by atoms with E-state index in [4.69, 9.17) is 0 Å². The summed E-state index contributed by atoms with van der Waals surface area (Å²) >= 11 is 3.48. The van der Waals surface area contributed by atoms with Gasteiger partial charge in [0.2, 0.25) is 0 Å². The number of amides is 1. The molecule has 2 aliphatic heterocycles. The number of aryl methyl sites for hydroxylation is 1. The van der Waals surface area contributed by atoms with Crippen molar-refractivity contribution in [2.75, 3.05) is 18.9 Å². The van der Waals surface area contributed by atoms with Crippen LogP contribution in [0.4, 0.5) is 5.69 Å². The Morgan fingerprint density at radius 3 is 2.64 bits per heavy atom. The van der Waals surface area contributed by atoms with Crippen molar-refractivity contribution in [1.82, 2.24) is 9.88 Å². The number of benzene rings is 3. The quantitative estimate of drug-likeness (QED) is 0.336. The smallest absolute Gasteiger partial charge is 0.251 e. The molecule has 36 heavy (non-hydrogen) atoms. The zero-order valence-corrected chi connectivity index (χ0v) is 21.4. The van der Waals surface area contributed by atoms with Gasteiger partial charge in [0.05, 0.1) is 6.07 Å². The minimum absolute atomic E-state index is 0.351. The van der Waals surface area contributed by atoms with Crippen molar-refractivity contribution in [3.05, 3.63) is 99.7 Å². The third-order valence-corrected chi connectivity index (χ3v) is 8.43. The van der Waals surface area contributed by atoms with Crippen molar-refractivity contribution >= 4 is 44.2 Å². The third kappa shape index (κ3) is 2.74. The van der Waals surface area contributed by atoms with Gasteiger partial charge in [-0.15, -0.1) is 0 Å². The van der Waals surface area contributed by atoms with Crippen LogP contribution in [0.5, 0.6) is 0 Å². The number of para-hydroxylation sites is 1. The van der Waals surface area contributed by atoms with Gasteiger partial charge in [-0.25, -0.2) is 0 Å². The first-order valence-electron chi connectivity index (χ1n) is 11.8. The Kier molecular flexibility index (Phi) is 4.98. The Bertz CT molecular complexity index is 1600. The molecule has 1 saturated heterocycles. The second-order valence-corrected chi connectivity index (χ2v) is 10.6. The largest absolute Gasteiger partial charge is 0.360 e. The van der Waals surface area contributed by atoms with Crippen LogP contribution in [-0.4, -0.2) is 35.2 Å². The number of halogens is 1. The summed E-state index contributed by atoms with van der Waals surface area (Å²) in [6.07, 6.45) is 1.68. The predicted molar refractivity (Wildman–Crippen MR) is 142 cm³/mol. The number of aromatic nitrogens is 1. The predicted octanol–water partition coefficient (Wildman–Crippen LogP) is 5.51. The Hall–Kier alpha value is -3.73. The number of ketones is 1. The maximum atomic E-state index is 14.8. The molecule has 178 valence electrons. The highest BCUT2D eigenvalue weighted by atomic mass is 79.9. The number of carbonyl (C=O) groups is 2. The minimum atomic E-state index is -1.72. The first-order chi connectivity index (χ1) is 17.3. The van der Waals surface area contributed by atoms with Gasteiger partial charge in [-0.2, -0.15) is 5.26 Å². The van der Waals surface area contributed by atoms with E-state index in [-0.39, 0.29) is 11.7 Å². The van der Waals surface area contributed by atoms with Crippen LogP contribution in [0.15, 0.2) is 77.4 Å². The van der Waals surface area contributed by atoms with Gasteiger partial charge in [-0.3, -0.25) is 14.5 Å². The van der Waals surface area contributed by atoms with E-state index in [0.717, 1.165) is 26.5 Å². The zero-order valence-electron chi connectivity index (χ0n) is 19.8. The van der Waals surface area contributed by atoms with Crippen molar-refractivity contribution in [2.24, 2.45) is 5.41 Å². The minimum Gasteiger partial charge on any atom is -0.360 e. The molecule has 1 amide bonds. The highest BCUT2D eigenvalue weighted by molar-refractivity contribution is 9.10. The number of anilines is 1. The van der Waals surface area contributed by atoms with E-state index in [2.05, 4.69) is 32.3 Å². The molecule has 0 radical (unpaired) electrons. The number of Topliss-reactive ketones (excluding diaryl/α,β-unsaturated/α-hetero) is 1. The maximum absolute atomic E-state index is 14.8. The lowest BCUT2D eigenvalue weighted by molar-refractivity contribution is -0.128. The van der Waals surface area contributed by atoms with E-state index in [1.54, 1.807) is 6.20 Å². The Morgan fingerprint density at radius 2 is 1.89 bits per heavy atom. The van der Waals surface area contributed by atoms with Crippen molar-refractivity contribution in [3.63, 3.8) is 0 Å². The second-order valence-electron chi connectivity index (χ2n) is 9.70. The Labute approximate surface area is 217 Å². The number of nitrogens with zero attached hydrogens (tertiary/aromatic N) is 2. The van der Waals surface area contributed by atoms with E-state index in [1.165, 1.54) is 0 Å². The summed E-state index contributed by atoms with van der Waals surface area (Å²) in [4.78, 5) is 33.9. The molecule has 2 aliphatic rings. The van der Waals surface area contributed by atoms with Crippen LogP contribution in [0.2, 0.25) is 0 Å². The van der Waals surface area contributed by atoms with Crippen LogP contribution >= 0.6 is 15.9 Å². The molecule has 4 aromatic rings. The van der Waals surface area contributed by atoms with Gasteiger partial charge in [0, 0.05) is 50.8 Å². The molecular weight excluding hydrogens is 516 g/mol. The lowest BCUT2D eigenvalue weighted by Gasteiger charge is -2.41. The first kappa shape index (κ1) is 22.7. The molecule has 1 aromatic heterocycles. The number of hydrogen-bond donors (Lipinski definition) is 2. The van der Waals surface area contributed by atoms with Crippen LogP contribution in [0.25, 0.3) is 10.9 Å². The molecule has 1 spiro atoms. The van der Waals surface area contributed by atoms with Gasteiger partial charge in [0.25, 0.3) is 5.91 Å². The average Bonchev–Trinajstić information content (AvgIpc) is 3.51. The molecule has 7 heteroatoms. The fourth-order valence-corrected chi connectivity index (χ4v) is 6.60. The van der Waals surface area contributed by atoms with Gasteiger partial charge in [0.15, 0.2) is 16.7 Å². The first-order valence-corrected chi connectivity index (χ1v) is 12.6. The molecule has 3 aromatic carbocycles. The fourth-order valence-electron chi connectivity index (χ4n) is 6.34. The molecule has 3 heterocycles. The van der Waals surface area contributed by atoms with E-state index in [9.17, 15) is 14.9 Å². The normalized spacial score (nSPS) is 25.2. The SMILES string of the molecule is Cc1ccc2c(C(=O)[C@@]3(C#N)[C@H](c4ccc(Br)cc4)CN(C)[C@@]34C(=O)Nc3ccccc34)c[nH]c2c1. The van der Waals surface area contributed by atoms with Gasteiger partial charge in [-0.05, 0) is 49.4 Å². The molecule has 2 N–H and O–H groups in total. The summed E-state index contributed by atoms with van der Waals surface area (Å²) in [5.41, 5.74) is 1.23. The van der Waals surface area contributed by atoms with Crippen LogP contribution in [0.1, 0.15) is 33.0 Å². The van der Waals surface area contributed by atoms with Crippen molar-refractivity contribution in [1.29, 1.82) is 5.26 Å². The molecule has 0 aliphatic carbocycles. The number of hydrogen-bond acceptors (Lipinski definition) is 4. The highest BCUT2D eigenvalue weighted by Gasteiger charge is 2.74. The topological polar surface area (TPSA) is 89.0 Å². The van der Waals surface area contributed by atoms with E-state index >= 15 is 0 Å². The number of H-pyrrole nitrogens is 1. The number of nitrogens with one attached hydrogen (secondary N) is 2. The van der Waals surface area contributed by atoms with Gasteiger partial charge in [-0.1, -0.05) is 58.4 Å². The van der Waals surface area contributed by atoms with Gasteiger partial charge in [0.1, 0.15) is 0 Å². The number of fused-ring (bicyclic) bond motifs is 3. The molecule has 6 nitrogen and oxygen atoms in total.